The molecule has 2 amide bonds. The zero-order valence-corrected chi connectivity index (χ0v) is 23.9. The summed E-state index contributed by atoms with van der Waals surface area (Å²) in [6.45, 7) is 1.91. The summed E-state index contributed by atoms with van der Waals surface area (Å²) < 4.78 is 41.6. The van der Waals surface area contributed by atoms with Gasteiger partial charge in [0.05, 0.1) is 33.1 Å². The highest BCUT2D eigenvalue weighted by atomic mass is 35.5. The van der Waals surface area contributed by atoms with Crippen LogP contribution in [0.3, 0.4) is 0 Å². The molecule has 2 heterocycles. The highest BCUT2D eigenvalue weighted by molar-refractivity contribution is 7.86. The van der Waals surface area contributed by atoms with Crippen LogP contribution in [0.2, 0.25) is 5.02 Å². The molecule has 39 heavy (non-hydrogen) atoms. The molecule has 4 N–H and O–H groups in total. The van der Waals surface area contributed by atoms with Crippen LogP contribution in [-0.2, 0) is 16.6 Å². The summed E-state index contributed by atoms with van der Waals surface area (Å²) >= 11 is 6.01. The minimum absolute atomic E-state index is 0.0941. The number of carbonyl (C=O) groups excluding carboxylic acids is 1. The summed E-state index contributed by atoms with van der Waals surface area (Å²) in [5.74, 6) is 1.72. The van der Waals surface area contributed by atoms with E-state index in [-0.39, 0.29) is 19.1 Å². The van der Waals surface area contributed by atoms with Crippen LogP contribution in [0.5, 0.6) is 17.2 Å². The average Bonchev–Trinajstić information content (AvgIpc) is 3.34. The van der Waals surface area contributed by atoms with E-state index in [4.69, 9.17) is 31.0 Å². The fourth-order valence-corrected chi connectivity index (χ4v) is 6.26. The van der Waals surface area contributed by atoms with Crippen LogP contribution < -0.4 is 30.0 Å². The van der Waals surface area contributed by atoms with Crippen molar-refractivity contribution in [3.63, 3.8) is 0 Å². The van der Waals surface area contributed by atoms with Crippen molar-refractivity contribution >= 4 is 33.5 Å². The van der Waals surface area contributed by atoms with Crippen molar-refractivity contribution in [3.05, 3.63) is 47.0 Å². The molecule has 214 valence electrons. The zero-order valence-electron chi connectivity index (χ0n) is 22.4. The average molecular weight is 582 g/mol. The molecule has 2 fully saturated rings. The maximum absolute atomic E-state index is 13.0. The van der Waals surface area contributed by atoms with E-state index >= 15 is 0 Å². The van der Waals surface area contributed by atoms with Gasteiger partial charge in [-0.1, -0.05) is 23.7 Å². The Hall–Kier alpha value is -2.77. The van der Waals surface area contributed by atoms with Crippen LogP contribution in [0.15, 0.2) is 36.4 Å². The Morgan fingerprint density at radius 1 is 1.03 bits per heavy atom. The van der Waals surface area contributed by atoms with Gasteiger partial charge in [-0.25, -0.2) is 9.93 Å². The summed E-state index contributed by atoms with van der Waals surface area (Å²) in [6.07, 6.45) is 2.91. The lowest BCUT2D eigenvalue weighted by Gasteiger charge is -2.38. The van der Waals surface area contributed by atoms with E-state index in [0.717, 1.165) is 37.4 Å². The van der Waals surface area contributed by atoms with Crippen LogP contribution in [0.25, 0.3) is 0 Å². The standard InChI is InChI=1S/C26H36ClN5O6S/c1-36-23-13-20(14-24(37-2)25(23)38-3)29-26(33)30-21-15-32(39(28,34)35)16-22(21)31-10-8-18(9-11-31)12-17-4-6-19(27)7-5-17/h4-7,13-14,18,21-22H,8-12,15-16H2,1-3H3,(H2,28,34,35)(H2,29,30,33)/t21-,22-/m1/s1. The number of carbonyl (C=O) groups is 1. The number of benzene rings is 2. The van der Waals surface area contributed by atoms with Gasteiger partial charge in [-0.05, 0) is 56.0 Å². The normalized spacial score (nSPS) is 20.9. The lowest BCUT2D eigenvalue weighted by Crippen LogP contribution is -2.54. The highest BCUT2D eigenvalue weighted by Crippen LogP contribution is 2.40. The first-order chi connectivity index (χ1) is 18.6. The number of halogens is 1. The minimum Gasteiger partial charge on any atom is -0.493 e. The Balaban J connectivity index is 1.42. The van der Waals surface area contributed by atoms with Crippen LogP contribution in [0, 0.1) is 5.92 Å². The monoisotopic (exact) mass is 581 g/mol. The third-order valence-corrected chi connectivity index (χ3v) is 8.68. The Labute approximate surface area is 234 Å². The van der Waals surface area contributed by atoms with Crippen LogP contribution >= 0.6 is 11.6 Å². The first-order valence-corrected chi connectivity index (χ1v) is 14.6. The molecule has 13 heteroatoms. The molecule has 2 aromatic rings. The van der Waals surface area contributed by atoms with Crippen molar-refractivity contribution in [2.24, 2.45) is 11.1 Å². The summed E-state index contributed by atoms with van der Waals surface area (Å²) in [5, 5.41) is 11.9. The van der Waals surface area contributed by atoms with E-state index < -0.39 is 22.3 Å². The molecule has 0 saturated carbocycles. The lowest BCUT2D eigenvalue weighted by atomic mass is 9.89. The molecule has 2 aliphatic heterocycles. The van der Waals surface area contributed by atoms with Gasteiger partial charge in [-0.3, -0.25) is 4.90 Å². The largest absolute Gasteiger partial charge is 0.493 e. The van der Waals surface area contributed by atoms with Gasteiger partial charge in [-0.2, -0.15) is 12.7 Å². The van der Waals surface area contributed by atoms with Crippen LogP contribution in [0.1, 0.15) is 18.4 Å². The van der Waals surface area contributed by atoms with Gasteiger partial charge in [0.25, 0.3) is 10.2 Å². The number of nitrogens with zero attached hydrogens (tertiary/aromatic N) is 2. The minimum atomic E-state index is -3.91. The number of rotatable bonds is 9. The molecular weight excluding hydrogens is 546 g/mol. The number of hydrogen-bond acceptors (Lipinski definition) is 7. The molecule has 2 saturated heterocycles. The van der Waals surface area contributed by atoms with E-state index in [1.807, 2.05) is 12.1 Å². The maximum Gasteiger partial charge on any atom is 0.319 e. The van der Waals surface area contributed by atoms with Crippen molar-refractivity contribution in [3.8, 4) is 17.2 Å². The number of anilines is 1. The quantitative estimate of drug-likeness (QED) is 0.414. The summed E-state index contributed by atoms with van der Waals surface area (Å²) in [7, 11) is 0.575. The first kappa shape index (κ1) is 29.2. The van der Waals surface area contributed by atoms with Crippen molar-refractivity contribution in [1.82, 2.24) is 14.5 Å². The van der Waals surface area contributed by atoms with Crippen LogP contribution in [-0.4, -0.2) is 83.2 Å². The van der Waals surface area contributed by atoms with Crippen LogP contribution in [0.4, 0.5) is 10.5 Å². The predicted molar refractivity (Wildman–Crippen MR) is 150 cm³/mol. The smallest absolute Gasteiger partial charge is 0.319 e. The van der Waals surface area contributed by atoms with E-state index in [0.29, 0.717) is 28.9 Å². The third-order valence-electron chi connectivity index (χ3n) is 7.41. The van der Waals surface area contributed by atoms with Crippen molar-refractivity contribution in [2.45, 2.75) is 31.3 Å². The molecule has 0 bridgehead atoms. The van der Waals surface area contributed by atoms with E-state index in [9.17, 15) is 13.2 Å². The molecule has 2 aromatic carbocycles. The molecule has 0 aliphatic carbocycles. The zero-order chi connectivity index (χ0) is 28.2. The van der Waals surface area contributed by atoms with E-state index in [1.165, 1.54) is 31.2 Å². The molecule has 0 spiro atoms. The van der Waals surface area contributed by atoms with Gasteiger partial charge in [-0.15, -0.1) is 0 Å². The number of ether oxygens (including phenoxy) is 3. The fraction of sp³-hybridized carbons (Fsp3) is 0.500. The SMILES string of the molecule is COc1cc(NC(=O)N[C@@H]2CN(S(N)(=O)=O)C[C@H]2N2CCC(Cc3ccc(Cl)cc3)CC2)cc(OC)c1OC. The highest BCUT2D eigenvalue weighted by Gasteiger charge is 2.42. The molecule has 0 aromatic heterocycles. The second kappa shape index (κ2) is 12.6. The number of nitrogens with two attached hydrogens (primary N) is 1. The number of likely N-dealkylation sites (tertiary alicyclic amines) is 1. The summed E-state index contributed by atoms with van der Waals surface area (Å²) in [5.41, 5.74) is 1.69. The Morgan fingerprint density at radius 2 is 1.64 bits per heavy atom. The molecule has 2 atom stereocenters. The Kier molecular flexibility index (Phi) is 9.44. The predicted octanol–water partition coefficient (Wildman–Crippen LogP) is 2.70. The topological polar surface area (TPSA) is 135 Å². The van der Waals surface area contributed by atoms with Gasteiger partial charge in [0, 0.05) is 36.3 Å². The number of nitrogens with one attached hydrogen (secondary N) is 2. The summed E-state index contributed by atoms with van der Waals surface area (Å²) in [6, 6.07) is 10.0. The number of amides is 2. The van der Waals surface area contributed by atoms with Gasteiger partial charge >= 0.3 is 6.03 Å². The number of hydrogen-bond donors (Lipinski definition) is 3. The fourth-order valence-electron chi connectivity index (χ4n) is 5.40. The van der Waals surface area contributed by atoms with Crippen molar-refractivity contribution in [2.75, 3.05) is 52.8 Å². The molecular formula is C26H36ClN5O6S. The van der Waals surface area contributed by atoms with E-state index in [2.05, 4.69) is 27.7 Å². The van der Waals surface area contributed by atoms with Crippen molar-refractivity contribution in [1.29, 1.82) is 0 Å². The van der Waals surface area contributed by atoms with Gasteiger partial charge in [0.2, 0.25) is 5.75 Å². The van der Waals surface area contributed by atoms with E-state index in [1.54, 1.807) is 12.1 Å². The third kappa shape index (κ3) is 7.25. The molecule has 4 rings (SSSR count). The maximum atomic E-state index is 13.0. The first-order valence-electron chi connectivity index (χ1n) is 12.7. The molecule has 0 radical (unpaired) electrons. The molecule has 11 nitrogen and oxygen atoms in total. The number of methoxy groups -OCH3 is 3. The molecule has 0 unspecified atom stereocenters. The van der Waals surface area contributed by atoms with Gasteiger partial charge in [0.1, 0.15) is 0 Å². The van der Waals surface area contributed by atoms with Crippen molar-refractivity contribution < 1.29 is 27.4 Å². The second-order valence-electron chi connectivity index (χ2n) is 9.86. The van der Waals surface area contributed by atoms with Gasteiger partial charge < -0.3 is 24.8 Å². The Bertz CT molecular complexity index is 1230. The number of piperidine rings is 1. The number of urea groups is 1. The molecule has 2 aliphatic rings. The summed E-state index contributed by atoms with van der Waals surface area (Å²) in [4.78, 5) is 15.3. The van der Waals surface area contributed by atoms with Gasteiger partial charge in [0.15, 0.2) is 11.5 Å². The second-order valence-corrected chi connectivity index (χ2v) is 11.8. The Morgan fingerprint density at radius 3 is 2.18 bits per heavy atom. The lowest BCUT2D eigenvalue weighted by molar-refractivity contribution is 0.125.